The van der Waals surface area contributed by atoms with E-state index in [1.807, 2.05) is 0 Å². The molecule has 0 spiro atoms. The summed E-state index contributed by atoms with van der Waals surface area (Å²) in [6.07, 6.45) is 6.93. The third-order valence-electron chi connectivity index (χ3n) is 4.74. The van der Waals surface area contributed by atoms with Crippen molar-refractivity contribution < 1.29 is 0 Å². The Balaban J connectivity index is 1.79. The van der Waals surface area contributed by atoms with Gasteiger partial charge >= 0.3 is 0 Å². The van der Waals surface area contributed by atoms with E-state index < -0.39 is 0 Å². The van der Waals surface area contributed by atoms with Crippen LogP contribution in [0.3, 0.4) is 0 Å². The lowest BCUT2D eigenvalue weighted by Gasteiger charge is -2.43. The van der Waals surface area contributed by atoms with E-state index in [1.54, 1.807) is 5.56 Å². The molecule has 1 aromatic carbocycles. The van der Waals surface area contributed by atoms with Crippen molar-refractivity contribution >= 4 is 0 Å². The molecule has 1 aromatic rings. The van der Waals surface area contributed by atoms with Crippen LogP contribution in [-0.2, 0) is 5.41 Å². The third kappa shape index (κ3) is 2.13. The molecular formula is C16H23N. The SMILES string of the molecule is Cc1ccc(C2(CNC3CC3)CCC2)cc1C. The Bertz CT molecular complexity index is 414. The zero-order valence-electron chi connectivity index (χ0n) is 11.1. The molecule has 2 aliphatic carbocycles. The topological polar surface area (TPSA) is 12.0 Å². The van der Waals surface area contributed by atoms with Crippen LogP contribution in [0.5, 0.6) is 0 Å². The number of hydrogen-bond donors (Lipinski definition) is 1. The molecule has 1 nitrogen and oxygen atoms in total. The summed E-state index contributed by atoms with van der Waals surface area (Å²) in [6.45, 7) is 5.63. The standard InChI is InChI=1S/C16H23N/c1-12-4-5-14(10-13(12)2)16(8-3-9-16)11-17-15-6-7-15/h4-5,10,15,17H,3,6-9,11H2,1-2H3. The molecule has 0 amide bonds. The molecule has 0 bridgehead atoms. The second-order valence-corrected chi connectivity index (χ2v) is 6.09. The molecule has 0 atom stereocenters. The summed E-state index contributed by atoms with van der Waals surface area (Å²) < 4.78 is 0. The van der Waals surface area contributed by atoms with Crippen LogP contribution in [0.4, 0.5) is 0 Å². The van der Waals surface area contributed by atoms with Gasteiger partial charge in [-0.3, -0.25) is 0 Å². The predicted octanol–water partition coefficient (Wildman–Crippen LogP) is 3.48. The normalized spacial score (nSPS) is 22.2. The number of hydrogen-bond acceptors (Lipinski definition) is 1. The number of aryl methyl sites for hydroxylation is 2. The van der Waals surface area contributed by atoms with Crippen molar-refractivity contribution in [1.29, 1.82) is 0 Å². The van der Waals surface area contributed by atoms with E-state index in [2.05, 4.69) is 37.4 Å². The zero-order valence-corrected chi connectivity index (χ0v) is 11.1. The number of rotatable bonds is 4. The first-order chi connectivity index (χ1) is 8.20. The summed E-state index contributed by atoms with van der Waals surface area (Å²) in [5.41, 5.74) is 4.89. The van der Waals surface area contributed by atoms with Gasteiger partial charge in [-0.2, -0.15) is 0 Å². The average Bonchev–Trinajstić information content (AvgIpc) is 3.05. The molecule has 0 aromatic heterocycles. The predicted molar refractivity (Wildman–Crippen MR) is 72.5 cm³/mol. The van der Waals surface area contributed by atoms with E-state index >= 15 is 0 Å². The second-order valence-electron chi connectivity index (χ2n) is 6.09. The molecule has 1 N–H and O–H groups in total. The quantitative estimate of drug-likeness (QED) is 0.833. The average molecular weight is 229 g/mol. The maximum atomic E-state index is 3.73. The van der Waals surface area contributed by atoms with Crippen molar-refractivity contribution in [3.05, 3.63) is 34.9 Å². The smallest absolute Gasteiger partial charge is 0.00780 e. The van der Waals surface area contributed by atoms with Gasteiger partial charge in [-0.05, 0) is 56.2 Å². The van der Waals surface area contributed by atoms with Crippen LogP contribution in [0.2, 0.25) is 0 Å². The van der Waals surface area contributed by atoms with Crippen molar-refractivity contribution in [3.8, 4) is 0 Å². The van der Waals surface area contributed by atoms with Crippen LogP contribution in [0.15, 0.2) is 18.2 Å². The van der Waals surface area contributed by atoms with Crippen LogP contribution in [0.25, 0.3) is 0 Å². The van der Waals surface area contributed by atoms with Crippen LogP contribution >= 0.6 is 0 Å². The van der Waals surface area contributed by atoms with Gasteiger partial charge < -0.3 is 5.32 Å². The van der Waals surface area contributed by atoms with Crippen LogP contribution < -0.4 is 5.32 Å². The highest BCUT2D eigenvalue weighted by Crippen LogP contribution is 2.44. The second kappa shape index (κ2) is 4.13. The van der Waals surface area contributed by atoms with E-state index in [9.17, 15) is 0 Å². The van der Waals surface area contributed by atoms with Crippen LogP contribution in [-0.4, -0.2) is 12.6 Å². The zero-order chi connectivity index (χ0) is 11.9. The van der Waals surface area contributed by atoms with Crippen molar-refractivity contribution in [1.82, 2.24) is 5.32 Å². The molecule has 0 radical (unpaired) electrons. The number of benzene rings is 1. The Hall–Kier alpha value is -0.820. The molecule has 0 aliphatic heterocycles. The summed E-state index contributed by atoms with van der Waals surface area (Å²) >= 11 is 0. The first-order valence-corrected chi connectivity index (χ1v) is 7.01. The van der Waals surface area contributed by atoms with Crippen molar-refractivity contribution in [3.63, 3.8) is 0 Å². The lowest BCUT2D eigenvalue weighted by Crippen LogP contribution is -2.44. The maximum absolute atomic E-state index is 3.73. The first-order valence-electron chi connectivity index (χ1n) is 7.01. The van der Waals surface area contributed by atoms with Gasteiger partial charge in [0.05, 0.1) is 0 Å². The van der Waals surface area contributed by atoms with E-state index in [4.69, 9.17) is 0 Å². The van der Waals surface area contributed by atoms with Crippen LogP contribution in [0.1, 0.15) is 48.8 Å². The largest absolute Gasteiger partial charge is 0.313 e. The fourth-order valence-corrected chi connectivity index (χ4v) is 2.87. The molecule has 0 unspecified atom stereocenters. The fraction of sp³-hybridized carbons (Fsp3) is 0.625. The molecule has 17 heavy (non-hydrogen) atoms. The summed E-state index contributed by atoms with van der Waals surface area (Å²) in [7, 11) is 0. The third-order valence-corrected chi connectivity index (χ3v) is 4.74. The Morgan fingerprint density at radius 2 is 1.94 bits per heavy atom. The summed E-state index contributed by atoms with van der Waals surface area (Å²) in [6, 6.07) is 7.90. The van der Waals surface area contributed by atoms with Gasteiger partial charge in [-0.25, -0.2) is 0 Å². The highest BCUT2D eigenvalue weighted by Gasteiger charge is 2.39. The Morgan fingerprint density at radius 1 is 1.18 bits per heavy atom. The van der Waals surface area contributed by atoms with Gasteiger partial charge in [-0.1, -0.05) is 24.6 Å². The van der Waals surface area contributed by atoms with E-state index in [-0.39, 0.29) is 0 Å². The summed E-state index contributed by atoms with van der Waals surface area (Å²) in [5.74, 6) is 0. The molecule has 0 heterocycles. The van der Waals surface area contributed by atoms with Gasteiger partial charge in [-0.15, -0.1) is 0 Å². The minimum atomic E-state index is 0.459. The molecule has 3 rings (SSSR count). The minimum Gasteiger partial charge on any atom is -0.313 e. The van der Waals surface area contributed by atoms with Crippen molar-refractivity contribution in [2.75, 3.05) is 6.54 Å². The molecule has 0 saturated heterocycles. The van der Waals surface area contributed by atoms with Crippen molar-refractivity contribution in [2.24, 2.45) is 0 Å². The van der Waals surface area contributed by atoms with Gasteiger partial charge in [0, 0.05) is 18.0 Å². The minimum absolute atomic E-state index is 0.459. The molecule has 92 valence electrons. The van der Waals surface area contributed by atoms with Gasteiger partial charge in [0.15, 0.2) is 0 Å². The number of nitrogens with one attached hydrogen (secondary N) is 1. The highest BCUT2D eigenvalue weighted by molar-refractivity contribution is 5.36. The molecule has 1 heteroatoms. The summed E-state index contributed by atoms with van der Waals surface area (Å²) in [4.78, 5) is 0. The summed E-state index contributed by atoms with van der Waals surface area (Å²) in [5, 5.41) is 3.73. The van der Waals surface area contributed by atoms with Gasteiger partial charge in [0.25, 0.3) is 0 Å². The highest BCUT2D eigenvalue weighted by atomic mass is 15.0. The van der Waals surface area contributed by atoms with E-state index in [1.165, 1.54) is 49.8 Å². The first kappa shape index (κ1) is 11.3. The van der Waals surface area contributed by atoms with Crippen LogP contribution in [0, 0.1) is 13.8 Å². The van der Waals surface area contributed by atoms with E-state index in [0.29, 0.717) is 5.41 Å². The molecule has 2 aliphatic rings. The monoisotopic (exact) mass is 229 g/mol. The van der Waals surface area contributed by atoms with Gasteiger partial charge in [0.2, 0.25) is 0 Å². The lowest BCUT2D eigenvalue weighted by atomic mass is 9.64. The fourth-order valence-electron chi connectivity index (χ4n) is 2.87. The Labute approximate surface area is 105 Å². The van der Waals surface area contributed by atoms with Crippen molar-refractivity contribution in [2.45, 2.75) is 57.4 Å². The molecule has 2 fully saturated rings. The Morgan fingerprint density at radius 3 is 2.47 bits per heavy atom. The molecule has 2 saturated carbocycles. The van der Waals surface area contributed by atoms with Gasteiger partial charge in [0.1, 0.15) is 0 Å². The maximum Gasteiger partial charge on any atom is 0.00780 e. The Kier molecular flexibility index (Phi) is 2.74. The molecular weight excluding hydrogens is 206 g/mol. The van der Waals surface area contributed by atoms with E-state index in [0.717, 1.165) is 6.04 Å². The lowest BCUT2D eigenvalue weighted by molar-refractivity contribution is 0.233.